The smallest absolute Gasteiger partial charge is 0.220 e. The summed E-state index contributed by atoms with van der Waals surface area (Å²) in [6, 6.07) is 7.53. The lowest BCUT2D eigenvalue weighted by atomic mass is 10.0. The Balaban J connectivity index is 2.14. The number of carbonyl (C=O) groups excluding carboxylic acids is 1. The lowest BCUT2D eigenvalue weighted by Crippen LogP contribution is -2.43. The van der Waals surface area contributed by atoms with Gasteiger partial charge in [-0.25, -0.2) is 0 Å². The molecule has 0 amide bonds. The fraction of sp³-hybridized carbons (Fsp3) is 0.385. The second kappa shape index (κ2) is 5.38. The summed E-state index contributed by atoms with van der Waals surface area (Å²) in [5.41, 5.74) is 1.66. The number of thiocarbonyl (C=S) groups is 1. The Morgan fingerprint density at radius 1 is 1.29 bits per heavy atom. The molecule has 1 heterocycles. The number of nitrogens with zero attached hydrogens (tertiary/aromatic N) is 1. The van der Waals surface area contributed by atoms with Crippen molar-refractivity contribution < 1.29 is 9.53 Å². The molecule has 17 heavy (non-hydrogen) atoms. The molecule has 90 valence electrons. The van der Waals surface area contributed by atoms with Gasteiger partial charge in [-0.3, -0.25) is 4.79 Å². The summed E-state index contributed by atoms with van der Waals surface area (Å²) in [4.78, 5) is 14.6. The average molecular weight is 249 g/mol. The largest absolute Gasteiger partial charge is 0.378 e. The number of Topliss-reactive ketones (excluding diaryl/α,β-unsaturated/α-hetero) is 1. The fourth-order valence-electron chi connectivity index (χ4n) is 1.85. The van der Waals surface area contributed by atoms with Crippen LogP contribution in [0.3, 0.4) is 0 Å². The number of benzene rings is 1. The van der Waals surface area contributed by atoms with Crippen LogP contribution >= 0.6 is 12.2 Å². The third kappa shape index (κ3) is 2.70. The molecular formula is C13H15NO2S. The zero-order valence-electron chi connectivity index (χ0n) is 9.81. The topological polar surface area (TPSA) is 29.5 Å². The van der Waals surface area contributed by atoms with Crippen molar-refractivity contribution in [2.75, 3.05) is 26.3 Å². The van der Waals surface area contributed by atoms with Gasteiger partial charge in [0.15, 0.2) is 4.99 Å². The highest BCUT2D eigenvalue weighted by Gasteiger charge is 2.21. The van der Waals surface area contributed by atoms with E-state index in [2.05, 4.69) is 0 Å². The predicted molar refractivity (Wildman–Crippen MR) is 70.5 cm³/mol. The molecular weight excluding hydrogens is 234 g/mol. The van der Waals surface area contributed by atoms with E-state index in [9.17, 15) is 4.79 Å². The van der Waals surface area contributed by atoms with Gasteiger partial charge in [0.05, 0.1) is 13.2 Å². The van der Waals surface area contributed by atoms with E-state index in [0.717, 1.165) is 5.56 Å². The van der Waals surface area contributed by atoms with E-state index in [1.54, 1.807) is 0 Å². The van der Waals surface area contributed by atoms with Crippen molar-refractivity contribution >= 4 is 23.0 Å². The van der Waals surface area contributed by atoms with E-state index in [1.165, 1.54) is 0 Å². The normalized spacial score (nSPS) is 15.7. The van der Waals surface area contributed by atoms with Crippen LogP contribution in [0.2, 0.25) is 0 Å². The van der Waals surface area contributed by atoms with Gasteiger partial charge < -0.3 is 9.64 Å². The molecule has 1 saturated heterocycles. The molecule has 1 aromatic carbocycles. The zero-order valence-corrected chi connectivity index (χ0v) is 10.6. The van der Waals surface area contributed by atoms with Gasteiger partial charge in [0.25, 0.3) is 0 Å². The summed E-state index contributed by atoms with van der Waals surface area (Å²) in [5, 5.41) is 0. The summed E-state index contributed by atoms with van der Waals surface area (Å²) >= 11 is 5.26. The summed E-state index contributed by atoms with van der Waals surface area (Å²) in [7, 11) is 0. The monoisotopic (exact) mass is 249 g/mol. The molecule has 0 aromatic heterocycles. The molecule has 0 atom stereocenters. The first-order chi connectivity index (χ1) is 8.20. The van der Waals surface area contributed by atoms with Gasteiger partial charge >= 0.3 is 0 Å². The molecule has 0 spiro atoms. The van der Waals surface area contributed by atoms with Crippen molar-refractivity contribution in [3.8, 4) is 0 Å². The second-order valence-electron chi connectivity index (χ2n) is 4.05. The molecule has 0 aliphatic carbocycles. The van der Waals surface area contributed by atoms with Gasteiger partial charge in [0, 0.05) is 18.7 Å². The maximum Gasteiger partial charge on any atom is 0.220 e. The van der Waals surface area contributed by atoms with Gasteiger partial charge in [0.1, 0.15) is 0 Å². The van der Waals surface area contributed by atoms with Crippen LogP contribution in [-0.4, -0.2) is 42.0 Å². The van der Waals surface area contributed by atoms with E-state index in [4.69, 9.17) is 17.0 Å². The molecule has 1 aromatic rings. The van der Waals surface area contributed by atoms with Crippen LogP contribution in [0, 0.1) is 6.92 Å². The van der Waals surface area contributed by atoms with Crippen molar-refractivity contribution in [2.24, 2.45) is 0 Å². The van der Waals surface area contributed by atoms with E-state index < -0.39 is 0 Å². The van der Waals surface area contributed by atoms with Gasteiger partial charge in [-0.1, -0.05) is 36.5 Å². The fourth-order valence-corrected chi connectivity index (χ4v) is 2.15. The minimum atomic E-state index is -0.0556. The third-order valence-corrected chi connectivity index (χ3v) is 3.33. The van der Waals surface area contributed by atoms with Gasteiger partial charge in [-0.2, -0.15) is 0 Å². The van der Waals surface area contributed by atoms with Crippen LogP contribution in [0.25, 0.3) is 0 Å². The predicted octanol–water partition coefficient (Wildman–Crippen LogP) is 1.84. The molecule has 0 radical (unpaired) electrons. The van der Waals surface area contributed by atoms with Crippen molar-refractivity contribution in [1.82, 2.24) is 4.90 Å². The molecule has 0 bridgehead atoms. The molecule has 4 heteroatoms. The van der Waals surface area contributed by atoms with Crippen LogP contribution in [-0.2, 0) is 4.74 Å². The first-order valence-corrected chi connectivity index (χ1v) is 6.08. The Bertz CT molecular complexity index is 439. The molecule has 1 aliphatic heterocycles. The molecule has 1 fully saturated rings. The quantitative estimate of drug-likeness (QED) is 0.591. The van der Waals surface area contributed by atoms with E-state index >= 15 is 0 Å². The molecule has 0 N–H and O–H groups in total. The Morgan fingerprint density at radius 2 is 1.94 bits per heavy atom. The number of morpholine rings is 1. The van der Waals surface area contributed by atoms with E-state index in [1.807, 2.05) is 36.1 Å². The Hall–Kier alpha value is -1.26. The maximum absolute atomic E-state index is 12.2. The number of carbonyl (C=O) groups is 1. The maximum atomic E-state index is 12.2. The third-order valence-electron chi connectivity index (χ3n) is 2.88. The number of hydrogen-bond donors (Lipinski definition) is 0. The highest BCUT2D eigenvalue weighted by atomic mass is 32.1. The first-order valence-electron chi connectivity index (χ1n) is 5.67. The minimum Gasteiger partial charge on any atom is -0.378 e. The number of rotatable bonds is 2. The molecule has 0 unspecified atom stereocenters. The van der Waals surface area contributed by atoms with Gasteiger partial charge in [0.2, 0.25) is 5.78 Å². The van der Waals surface area contributed by atoms with Crippen molar-refractivity contribution in [3.05, 3.63) is 35.4 Å². The SMILES string of the molecule is Cc1ccccc1C(=O)C(=S)N1CCOCC1. The standard InChI is InChI=1S/C13H15NO2S/c1-10-4-2-3-5-11(10)12(15)13(17)14-6-8-16-9-7-14/h2-5H,6-9H2,1H3. The van der Waals surface area contributed by atoms with E-state index in [-0.39, 0.29) is 5.78 Å². The number of aryl methyl sites for hydroxylation is 1. The van der Waals surface area contributed by atoms with E-state index in [0.29, 0.717) is 36.9 Å². The average Bonchev–Trinajstić information content (AvgIpc) is 2.39. The van der Waals surface area contributed by atoms with Crippen molar-refractivity contribution in [1.29, 1.82) is 0 Å². The first kappa shape index (κ1) is 12.2. The molecule has 3 nitrogen and oxygen atoms in total. The van der Waals surface area contributed by atoms with Crippen LogP contribution in [0.5, 0.6) is 0 Å². The minimum absolute atomic E-state index is 0.0556. The Kier molecular flexibility index (Phi) is 3.86. The molecule has 2 rings (SSSR count). The van der Waals surface area contributed by atoms with Crippen LogP contribution in [0.4, 0.5) is 0 Å². The summed E-state index contributed by atoms with van der Waals surface area (Å²) in [5.74, 6) is -0.0556. The number of ether oxygens (including phenoxy) is 1. The molecule has 0 saturated carbocycles. The number of ketones is 1. The Morgan fingerprint density at radius 3 is 2.59 bits per heavy atom. The summed E-state index contributed by atoms with van der Waals surface area (Å²) in [6.45, 7) is 4.62. The lowest BCUT2D eigenvalue weighted by Gasteiger charge is -2.28. The van der Waals surface area contributed by atoms with Crippen LogP contribution < -0.4 is 0 Å². The highest BCUT2D eigenvalue weighted by molar-refractivity contribution is 7.82. The highest BCUT2D eigenvalue weighted by Crippen LogP contribution is 2.11. The molecule has 1 aliphatic rings. The van der Waals surface area contributed by atoms with Gasteiger partial charge in [-0.05, 0) is 12.5 Å². The zero-order chi connectivity index (χ0) is 12.3. The van der Waals surface area contributed by atoms with Gasteiger partial charge in [-0.15, -0.1) is 0 Å². The van der Waals surface area contributed by atoms with Crippen molar-refractivity contribution in [2.45, 2.75) is 6.92 Å². The lowest BCUT2D eigenvalue weighted by molar-refractivity contribution is 0.0670. The summed E-state index contributed by atoms with van der Waals surface area (Å²) in [6.07, 6.45) is 0. The summed E-state index contributed by atoms with van der Waals surface area (Å²) < 4.78 is 5.25. The van der Waals surface area contributed by atoms with Crippen LogP contribution in [0.15, 0.2) is 24.3 Å². The van der Waals surface area contributed by atoms with Crippen LogP contribution in [0.1, 0.15) is 15.9 Å². The Labute approximate surface area is 106 Å². The number of hydrogen-bond acceptors (Lipinski definition) is 3. The second-order valence-corrected chi connectivity index (χ2v) is 4.44. The van der Waals surface area contributed by atoms with Crippen molar-refractivity contribution in [3.63, 3.8) is 0 Å².